The van der Waals surface area contributed by atoms with Crippen molar-refractivity contribution < 1.29 is 9.53 Å². The molecule has 1 spiro atoms. The second-order valence-corrected chi connectivity index (χ2v) is 6.52. The minimum absolute atomic E-state index is 0.188. The summed E-state index contributed by atoms with van der Waals surface area (Å²) in [4.78, 5) is 14.8. The van der Waals surface area contributed by atoms with E-state index in [1.54, 1.807) is 0 Å². The Hall–Kier alpha value is -1.61. The summed E-state index contributed by atoms with van der Waals surface area (Å²) in [5.74, 6) is 0.188. The molecule has 2 fully saturated rings. The van der Waals surface area contributed by atoms with Crippen molar-refractivity contribution in [3.63, 3.8) is 0 Å². The van der Waals surface area contributed by atoms with Gasteiger partial charge in [0.2, 0.25) is 5.91 Å². The Morgan fingerprint density at radius 2 is 2.00 bits per heavy atom. The number of hydrogen-bond acceptors (Lipinski definition) is 2. The van der Waals surface area contributed by atoms with Crippen LogP contribution in [0.4, 0.5) is 0 Å². The number of ether oxygens (including phenoxy) is 1. The van der Waals surface area contributed by atoms with E-state index < -0.39 is 0 Å². The number of amides is 1. The predicted molar refractivity (Wildman–Crippen MR) is 87.4 cm³/mol. The first kappa shape index (κ1) is 15.3. The van der Waals surface area contributed by atoms with Crippen molar-refractivity contribution in [3.8, 4) is 0 Å². The first-order valence-electron chi connectivity index (χ1n) is 8.28. The third-order valence-corrected chi connectivity index (χ3v) is 5.09. The molecule has 2 aliphatic heterocycles. The standard InChI is InChI=1S/C19H25NO2/c1-3-7-15(2)18(21)20-14-19(10-12-22-13-11-19)17(20)16-8-5-4-6-9-16/h4-9,17H,3,10-14H2,1-2H3. The summed E-state index contributed by atoms with van der Waals surface area (Å²) in [7, 11) is 0. The van der Waals surface area contributed by atoms with Crippen molar-refractivity contribution in [3.05, 3.63) is 47.5 Å². The van der Waals surface area contributed by atoms with Crippen LogP contribution in [0.5, 0.6) is 0 Å². The number of nitrogens with zero attached hydrogens (tertiary/aromatic N) is 1. The van der Waals surface area contributed by atoms with Crippen molar-refractivity contribution in [2.75, 3.05) is 19.8 Å². The molecule has 1 aromatic carbocycles. The van der Waals surface area contributed by atoms with E-state index in [0.29, 0.717) is 0 Å². The zero-order valence-electron chi connectivity index (χ0n) is 13.5. The van der Waals surface area contributed by atoms with Gasteiger partial charge in [0.05, 0.1) is 6.04 Å². The van der Waals surface area contributed by atoms with Crippen LogP contribution in [0.15, 0.2) is 42.0 Å². The maximum absolute atomic E-state index is 12.8. The second-order valence-electron chi connectivity index (χ2n) is 6.52. The van der Waals surface area contributed by atoms with Gasteiger partial charge in [-0.05, 0) is 31.7 Å². The van der Waals surface area contributed by atoms with Crippen LogP contribution in [0.3, 0.4) is 0 Å². The molecule has 3 heteroatoms. The van der Waals surface area contributed by atoms with Gasteiger partial charge < -0.3 is 9.64 Å². The van der Waals surface area contributed by atoms with Gasteiger partial charge >= 0.3 is 0 Å². The van der Waals surface area contributed by atoms with Gasteiger partial charge in [0, 0.05) is 30.7 Å². The Kier molecular flexibility index (Phi) is 4.34. The van der Waals surface area contributed by atoms with E-state index in [9.17, 15) is 4.79 Å². The summed E-state index contributed by atoms with van der Waals surface area (Å²) >= 11 is 0. The molecule has 0 aliphatic carbocycles. The highest BCUT2D eigenvalue weighted by Crippen LogP contribution is 2.54. The highest BCUT2D eigenvalue weighted by molar-refractivity contribution is 5.94. The third-order valence-electron chi connectivity index (χ3n) is 5.09. The topological polar surface area (TPSA) is 29.5 Å². The van der Waals surface area contributed by atoms with Gasteiger partial charge in [-0.15, -0.1) is 0 Å². The van der Waals surface area contributed by atoms with Crippen LogP contribution >= 0.6 is 0 Å². The lowest BCUT2D eigenvalue weighted by Crippen LogP contribution is -2.62. The molecule has 0 radical (unpaired) electrons. The fourth-order valence-electron chi connectivity index (χ4n) is 3.92. The number of likely N-dealkylation sites (tertiary alicyclic amines) is 1. The zero-order chi connectivity index (χ0) is 15.6. The van der Waals surface area contributed by atoms with Gasteiger partial charge in [0.25, 0.3) is 0 Å². The molecular weight excluding hydrogens is 274 g/mol. The molecule has 0 N–H and O–H groups in total. The van der Waals surface area contributed by atoms with E-state index in [1.807, 2.05) is 19.1 Å². The van der Waals surface area contributed by atoms with E-state index in [2.05, 4.69) is 36.1 Å². The van der Waals surface area contributed by atoms with Crippen LogP contribution in [-0.2, 0) is 9.53 Å². The van der Waals surface area contributed by atoms with Crippen LogP contribution < -0.4 is 0 Å². The normalized spacial score (nSPS) is 24.2. The number of carbonyl (C=O) groups is 1. The fraction of sp³-hybridized carbons (Fsp3) is 0.526. The summed E-state index contributed by atoms with van der Waals surface area (Å²) in [6.45, 7) is 6.50. The molecule has 3 nitrogen and oxygen atoms in total. The SMILES string of the molecule is CCC=C(C)C(=O)N1CC2(CCOCC2)C1c1ccccc1. The Balaban J connectivity index is 1.89. The Labute approximate surface area is 133 Å². The third kappa shape index (κ3) is 2.58. The molecule has 1 aromatic rings. The van der Waals surface area contributed by atoms with Gasteiger partial charge in [-0.25, -0.2) is 0 Å². The van der Waals surface area contributed by atoms with Crippen LogP contribution in [0.25, 0.3) is 0 Å². The molecule has 2 saturated heterocycles. The van der Waals surface area contributed by atoms with Gasteiger partial charge in [-0.2, -0.15) is 0 Å². The van der Waals surface area contributed by atoms with Crippen LogP contribution in [0.1, 0.15) is 44.7 Å². The second kappa shape index (κ2) is 6.25. The van der Waals surface area contributed by atoms with Gasteiger partial charge in [0.15, 0.2) is 0 Å². The Bertz CT molecular complexity index is 558. The summed E-state index contributed by atoms with van der Waals surface area (Å²) in [6, 6.07) is 10.7. The minimum atomic E-state index is 0.188. The molecule has 1 unspecified atom stereocenters. The molecule has 2 aliphatic rings. The molecule has 0 aromatic heterocycles. The maximum atomic E-state index is 12.8. The summed E-state index contributed by atoms with van der Waals surface area (Å²) in [5.41, 5.74) is 2.33. The lowest BCUT2D eigenvalue weighted by molar-refractivity contribution is -0.165. The number of carbonyl (C=O) groups excluding carboxylic acids is 1. The first-order valence-corrected chi connectivity index (χ1v) is 8.28. The average Bonchev–Trinajstić information content (AvgIpc) is 2.54. The van der Waals surface area contributed by atoms with E-state index >= 15 is 0 Å². The molecule has 2 heterocycles. The Morgan fingerprint density at radius 3 is 2.64 bits per heavy atom. The highest BCUT2D eigenvalue weighted by atomic mass is 16.5. The molecule has 1 amide bonds. The number of allylic oxidation sites excluding steroid dienone is 1. The lowest BCUT2D eigenvalue weighted by Gasteiger charge is -2.59. The molecule has 1 atom stereocenters. The number of benzene rings is 1. The monoisotopic (exact) mass is 299 g/mol. The largest absolute Gasteiger partial charge is 0.381 e. The van der Waals surface area contributed by atoms with E-state index in [1.165, 1.54) is 5.56 Å². The van der Waals surface area contributed by atoms with Crippen LogP contribution in [0.2, 0.25) is 0 Å². The summed E-state index contributed by atoms with van der Waals surface area (Å²) in [6.07, 6.45) is 5.03. The zero-order valence-corrected chi connectivity index (χ0v) is 13.5. The van der Waals surface area contributed by atoms with Crippen molar-refractivity contribution in [1.29, 1.82) is 0 Å². The molecule has 118 valence electrons. The molecule has 0 saturated carbocycles. The van der Waals surface area contributed by atoms with Crippen molar-refractivity contribution >= 4 is 5.91 Å². The van der Waals surface area contributed by atoms with Crippen LogP contribution in [0, 0.1) is 5.41 Å². The van der Waals surface area contributed by atoms with Crippen molar-refractivity contribution in [2.45, 2.75) is 39.2 Å². The lowest BCUT2D eigenvalue weighted by atomic mass is 9.64. The number of hydrogen-bond donors (Lipinski definition) is 0. The molecule has 22 heavy (non-hydrogen) atoms. The highest BCUT2D eigenvalue weighted by Gasteiger charge is 2.55. The van der Waals surface area contributed by atoms with E-state index in [4.69, 9.17) is 4.74 Å². The molecule has 3 rings (SSSR count). The minimum Gasteiger partial charge on any atom is -0.381 e. The quantitative estimate of drug-likeness (QED) is 0.796. The van der Waals surface area contributed by atoms with Crippen LogP contribution in [-0.4, -0.2) is 30.6 Å². The molecule has 0 bridgehead atoms. The predicted octanol–water partition coefficient (Wildman–Crippen LogP) is 3.72. The number of rotatable bonds is 3. The van der Waals surface area contributed by atoms with Crippen molar-refractivity contribution in [2.24, 2.45) is 5.41 Å². The maximum Gasteiger partial charge on any atom is 0.249 e. The van der Waals surface area contributed by atoms with Gasteiger partial charge in [0.1, 0.15) is 0 Å². The van der Waals surface area contributed by atoms with Gasteiger partial charge in [-0.3, -0.25) is 4.79 Å². The fourth-order valence-corrected chi connectivity index (χ4v) is 3.92. The molecular formula is C19H25NO2. The summed E-state index contributed by atoms with van der Waals surface area (Å²) < 4.78 is 5.55. The van der Waals surface area contributed by atoms with Gasteiger partial charge in [-0.1, -0.05) is 43.3 Å². The Morgan fingerprint density at radius 1 is 1.32 bits per heavy atom. The average molecular weight is 299 g/mol. The van der Waals surface area contributed by atoms with Crippen molar-refractivity contribution in [1.82, 2.24) is 4.90 Å². The van der Waals surface area contributed by atoms with E-state index in [-0.39, 0.29) is 17.4 Å². The summed E-state index contributed by atoms with van der Waals surface area (Å²) in [5, 5.41) is 0. The van der Waals surface area contributed by atoms with E-state index in [0.717, 1.165) is 44.6 Å². The first-order chi connectivity index (χ1) is 10.7. The smallest absolute Gasteiger partial charge is 0.249 e.